The summed E-state index contributed by atoms with van der Waals surface area (Å²) in [6.07, 6.45) is 2.20. The molecule has 5 heteroatoms. The van der Waals surface area contributed by atoms with E-state index in [1.165, 1.54) is 11.8 Å². The van der Waals surface area contributed by atoms with Gasteiger partial charge in [-0.15, -0.1) is 11.8 Å². The van der Waals surface area contributed by atoms with Crippen molar-refractivity contribution in [2.75, 3.05) is 12.8 Å². The molecule has 2 rings (SSSR count). The summed E-state index contributed by atoms with van der Waals surface area (Å²) >= 11 is 1.38. The second kappa shape index (κ2) is 5.44. The Morgan fingerprint density at radius 2 is 2.17 bits per heavy atom. The van der Waals surface area contributed by atoms with Crippen LogP contribution in [0.5, 0.6) is 0 Å². The number of rotatable bonds is 5. The van der Waals surface area contributed by atoms with Gasteiger partial charge in [0.1, 0.15) is 0 Å². The number of carbonyl (C=O) groups is 2. The average Bonchev–Trinajstić information content (AvgIpc) is 3.19. The molecular weight excluding hydrogens is 250 g/mol. The van der Waals surface area contributed by atoms with Crippen LogP contribution in [0.1, 0.15) is 23.2 Å². The molecule has 1 saturated carbocycles. The van der Waals surface area contributed by atoms with Crippen LogP contribution in [0.3, 0.4) is 0 Å². The van der Waals surface area contributed by atoms with Crippen molar-refractivity contribution in [3.05, 3.63) is 29.8 Å². The Hall–Kier alpha value is -1.49. The van der Waals surface area contributed by atoms with E-state index in [1.807, 2.05) is 13.1 Å². The van der Waals surface area contributed by atoms with E-state index in [2.05, 4.69) is 0 Å². The van der Waals surface area contributed by atoms with Gasteiger partial charge in [-0.25, -0.2) is 4.79 Å². The van der Waals surface area contributed by atoms with Crippen molar-refractivity contribution in [1.82, 2.24) is 4.90 Å². The molecule has 0 aliphatic heterocycles. The third-order valence-corrected chi connectivity index (χ3v) is 3.91. The minimum Gasteiger partial charge on any atom is -0.478 e. The van der Waals surface area contributed by atoms with Crippen LogP contribution in [0.25, 0.3) is 0 Å². The predicted molar refractivity (Wildman–Crippen MR) is 69.9 cm³/mol. The summed E-state index contributed by atoms with van der Waals surface area (Å²) in [5.74, 6) is -0.488. The van der Waals surface area contributed by atoms with Crippen molar-refractivity contribution in [2.24, 2.45) is 0 Å². The fourth-order valence-electron chi connectivity index (χ4n) is 1.63. The maximum absolute atomic E-state index is 11.8. The van der Waals surface area contributed by atoms with E-state index in [9.17, 15) is 9.59 Å². The fraction of sp³-hybridized carbons (Fsp3) is 0.385. The molecule has 1 aromatic rings. The Bertz CT molecular complexity index is 471. The SMILES string of the molecule is CN(C(=O)CSc1cccc(C(=O)O)c1)C1CC1. The monoisotopic (exact) mass is 265 g/mol. The summed E-state index contributed by atoms with van der Waals surface area (Å²) in [5, 5.41) is 8.87. The maximum atomic E-state index is 11.8. The highest BCUT2D eigenvalue weighted by molar-refractivity contribution is 8.00. The van der Waals surface area contributed by atoms with Crippen molar-refractivity contribution >= 4 is 23.6 Å². The van der Waals surface area contributed by atoms with E-state index in [4.69, 9.17) is 5.11 Å². The van der Waals surface area contributed by atoms with Crippen molar-refractivity contribution in [3.8, 4) is 0 Å². The van der Waals surface area contributed by atoms with Gasteiger partial charge in [0.15, 0.2) is 0 Å². The Morgan fingerprint density at radius 3 is 2.78 bits per heavy atom. The fourth-order valence-corrected chi connectivity index (χ4v) is 2.51. The van der Waals surface area contributed by atoms with Gasteiger partial charge in [0.05, 0.1) is 11.3 Å². The second-order valence-electron chi connectivity index (χ2n) is 4.36. The Kier molecular flexibility index (Phi) is 3.91. The molecule has 96 valence electrons. The number of hydrogen-bond donors (Lipinski definition) is 1. The third-order valence-electron chi connectivity index (χ3n) is 2.93. The van der Waals surface area contributed by atoms with Gasteiger partial charge in [-0.05, 0) is 31.0 Å². The summed E-state index contributed by atoms with van der Waals surface area (Å²) in [7, 11) is 1.83. The first kappa shape index (κ1) is 13.0. The van der Waals surface area contributed by atoms with E-state index >= 15 is 0 Å². The normalized spacial score (nSPS) is 14.3. The molecular formula is C13H15NO3S. The maximum Gasteiger partial charge on any atom is 0.335 e. The highest BCUT2D eigenvalue weighted by atomic mass is 32.2. The molecule has 1 aliphatic carbocycles. The average molecular weight is 265 g/mol. The lowest BCUT2D eigenvalue weighted by Gasteiger charge is -2.15. The van der Waals surface area contributed by atoms with Crippen LogP contribution in [-0.4, -0.2) is 40.7 Å². The molecule has 0 unspecified atom stereocenters. The van der Waals surface area contributed by atoms with Gasteiger partial charge in [0.25, 0.3) is 0 Å². The molecule has 0 aromatic heterocycles. The minimum atomic E-state index is -0.945. The number of benzene rings is 1. The van der Waals surface area contributed by atoms with Crippen LogP contribution in [0.15, 0.2) is 29.2 Å². The number of aromatic carboxylic acids is 1. The summed E-state index contributed by atoms with van der Waals surface area (Å²) in [6, 6.07) is 7.08. The standard InChI is InChI=1S/C13H15NO3S/c1-14(10-5-6-10)12(15)8-18-11-4-2-3-9(7-11)13(16)17/h2-4,7,10H,5-6,8H2,1H3,(H,16,17). The lowest BCUT2D eigenvalue weighted by Crippen LogP contribution is -2.30. The molecule has 0 heterocycles. The quantitative estimate of drug-likeness (QED) is 0.828. The number of carboxylic acid groups (broad SMARTS) is 1. The van der Waals surface area contributed by atoms with E-state index in [-0.39, 0.29) is 11.5 Å². The van der Waals surface area contributed by atoms with Crippen LogP contribution in [-0.2, 0) is 4.79 Å². The Balaban J connectivity index is 1.91. The zero-order valence-corrected chi connectivity index (χ0v) is 10.9. The van der Waals surface area contributed by atoms with Crippen LogP contribution >= 0.6 is 11.8 Å². The van der Waals surface area contributed by atoms with Gasteiger partial charge in [0.2, 0.25) is 5.91 Å². The van der Waals surface area contributed by atoms with Crippen molar-refractivity contribution in [2.45, 2.75) is 23.8 Å². The third kappa shape index (κ3) is 3.26. The van der Waals surface area contributed by atoms with E-state index in [0.717, 1.165) is 17.7 Å². The largest absolute Gasteiger partial charge is 0.478 e. The number of nitrogens with zero attached hydrogens (tertiary/aromatic N) is 1. The topological polar surface area (TPSA) is 57.6 Å². The summed E-state index contributed by atoms with van der Waals surface area (Å²) in [5.41, 5.74) is 0.253. The molecule has 1 amide bonds. The van der Waals surface area contributed by atoms with Gasteiger partial charge < -0.3 is 10.0 Å². The van der Waals surface area contributed by atoms with Crippen molar-refractivity contribution in [3.63, 3.8) is 0 Å². The summed E-state index contributed by atoms with van der Waals surface area (Å²) in [6.45, 7) is 0. The number of carboxylic acids is 1. The zero-order chi connectivity index (χ0) is 13.1. The number of hydrogen-bond acceptors (Lipinski definition) is 3. The lowest BCUT2D eigenvalue weighted by molar-refractivity contribution is -0.127. The van der Waals surface area contributed by atoms with E-state index in [1.54, 1.807) is 23.1 Å². The second-order valence-corrected chi connectivity index (χ2v) is 5.41. The van der Waals surface area contributed by atoms with Crippen LogP contribution in [0.4, 0.5) is 0 Å². The molecule has 1 aliphatic rings. The number of thioether (sulfide) groups is 1. The summed E-state index contributed by atoms with van der Waals surface area (Å²) in [4.78, 5) is 25.2. The molecule has 0 bridgehead atoms. The highest BCUT2D eigenvalue weighted by Gasteiger charge is 2.29. The molecule has 0 saturated heterocycles. The van der Waals surface area contributed by atoms with Crippen LogP contribution in [0.2, 0.25) is 0 Å². The first-order chi connectivity index (χ1) is 8.58. The Labute approximate surface area is 110 Å². The molecule has 0 radical (unpaired) electrons. The van der Waals surface area contributed by atoms with E-state index < -0.39 is 5.97 Å². The van der Waals surface area contributed by atoms with Gasteiger partial charge in [0, 0.05) is 18.0 Å². The lowest BCUT2D eigenvalue weighted by atomic mass is 10.2. The first-order valence-electron chi connectivity index (χ1n) is 5.80. The molecule has 0 atom stereocenters. The number of amides is 1. The van der Waals surface area contributed by atoms with Gasteiger partial charge in [-0.2, -0.15) is 0 Å². The minimum absolute atomic E-state index is 0.100. The molecule has 4 nitrogen and oxygen atoms in total. The highest BCUT2D eigenvalue weighted by Crippen LogP contribution is 2.27. The Morgan fingerprint density at radius 1 is 1.44 bits per heavy atom. The summed E-state index contributed by atoms with van der Waals surface area (Å²) < 4.78 is 0. The molecule has 18 heavy (non-hydrogen) atoms. The van der Waals surface area contributed by atoms with Crippen LogP contribution < -0.4 is 0 Å². The molecule has 1 N–H and O–H groups in total. The smallest absolute Gasteiger partial charge is 0.335 e. The van der Waals surface area contributed by atoms with E-state index in [0.29, 0.717) is 11.8 Å². The van der Waals surface area contributed by atoms with Crippen molar-refractivity contribution in [1.29, 1.82) is 0 Å². The number of carbonyl (C=O) groups excluding carboxylic acids is 1. The van der Waals surface area contributed by atoms with Gasteiger partial charge in [-0.3, -0.25) is 4.79 Å². The van der Waals surface area contributed by atoms with Crippen molar-refractivity contribution < 1.29 is 14.7 Å². The molecule has 1 fully saturated rings. The molecule has 0 spiro atoms. The van der Waals surface area contributed by atoms with Gasteiger partial charge in [-0.1, -0.05) is 6.07 Å². The van der Waals surface area contributed by atoms with Gasteiger partial charge >= 0.3 is 5.97 Å². The zero-order valence-electron chi connectivity index (χ0n) is 10.1. The molecule has 1 aromatic carbocycles. The predicted octanol–water partition coefficient (Wildman–Crippen LogP) is 2.10. The first-order valence-corrected chi connectivity index (χ1v) is 6.78. The van der Waals surface area contributed by atoms with Crippen LogP contribution in [0, 0.1) is 0 Å².